The van der Waals surface area contributed by atoms with E-state index in [2.05, 4.69) is 29.2 Å². The standard InChI is InChI=1S/C34H39ClN2O2/c35-30-11-7-26(8-12-30)24-39-32-14-19-37(33(38)22-32)31-13-10-28-20-27(6-9-29(28)21-31)23-36-18-5-17-34(25-36)15-3-1-2-4-16-34/h6-9,11-12,14,19-22H,1-5,10,13,15-18,23-25H2. The number of rotatable bonds is 6. The van der Waals surface area contributed by atoms with Gasteiger partial charge < -0.3 is 4.74 Å². The summed E-state index contributed by atoms with van der Waals surface area (Å²) in [5.41, 5.74) is 6.62. The van der Waals surface area contributed by atoms with E-state index in [1.54, 1.807) is 10.6 Å². The average Bonchev–Trinajstić information content (AvgIpc) is 3.17. The maximum Gasteiger partial charge on any atom is 0.258 e. The smallest absolute Gasteiger partial charge is 0.258 e. The molecule has 204 valence electrons. The van der Waals surface area contributed by atoms with Crippen LogP contribution < -0.4 is 10.3 Å². The first-order valence-electron chi connectivity index (χ1n) is 14.7. The van der Waals surface area contributed by atoms with Gasteiger partial charge in [-0.3, -0.25) is 14.3 Å². The molecule has 0 unspecified atom stereocenters. The predicted octanol–water partition coefficient (Wildman–Crippen LogP) is 7.96. The fourth-order valence-corrected chi connectivity index (χ4v) is 7.07. The molecule has 1 saturated heterocycles. The van der Waals surface area contributed by atoms with Gasteiger partial charge in [0.15, 0.2) is 0 Å². The zero-order valence-corrected chi connectivity index (χ0v) is 23.6. The monoisotopic (exact) mass is 542 g/mol. The van der Waals surface area contributed by atoms with Crippen molar-refractivity contribution in [3.8, 4) is 5.75 Å². The summed E-state index contributed by atoms with van der Waals surface area (Å²) < 4.78 is 7.61. The Morgan fingerprint density at radius 1 is 0.846 bits per heavy atom. The van der Waals surface area contributed by atoms with Crippen LogP contribution in [0.4, 0.5) is 0 Å². The van der Waals surface area contributed by atoms with Gasteiger partial charge in [0.25, 0.3) is 5.56 Å². The second-order valence-electron chi connectivity index (χ2n) is 11.9. The summed E-state index contributed by atoms with van der Waals surface area (Å²) >= 11 is 5.96. The molecule has 1 spiro atoms. The Morgan fingerprint density at radius 3 is 2.41 bits per heavy atom. The van der Waals surface area contributed by atoms with Gasteiger partial charge in [-0.1, -0.05) is 67.6 Å². The van der Waals surface area contributed by atoms with E-state index in [0.29, 0.717) is 22.8 Å². The van der Waals surface area contributed by atoms with E-state index in [0.717, 1.165) is 30.6 Å². The third-order valence-electron chi connectivity index (χ3n) is 9.01. The highest BCUT2D eigenvalue weighted by Crippen LogP contribution is 2.42. The van der Waals surface area contributed by atoms with Gasteiger partial charge in [-0.2, -0.15) is 0 Å². The largest absolute Gasteiger partial charge is 0.489 e. The zero-order chi connectivity index (χ0) is 26.7. The number of aryl methyl sites for hydroxylation is 1. The minimum absolute atomic E-state index is 0.0625. The molecule has 1 saturated carbocycles. The molecule has 0 bridgehead atoms. The summed E-state index contributed by atoms with van der Waals surface area (Å²) in [4.78, 5) is 15.7. The number of aromatic nitrogens is 1. The SMILES string of the molecule is O=c1cc(OCc2ccc(Cl)cc2)ccn1C1=Cc2ccc(CN3CCCC4(CCCCCC4)C3)cc2CC1. The van der Waals surface area contributed by atoms with E-state index < -0.39 is 0 Å². The highest BCUT2D eigenvalue weighted by Gasteiger charge is 2.35. The zero-order valence-electron chi connectivity index (χ0n) is 22.8. The minimum atomic E-state index is -0.0625. The highest BCUT2D eigenvalue weighted by atomic mass is 35.5. The van der Waals surface area contributed by atoms with Crippen LogP contribution in [0.3, 0.4) is 0 Å². The summed E-state index contributed by atoms with van der Waals surface area (Å²) in [5.74, 6) is 0.580. The number of nitrogens with zero attached hydrogens (tertiary/aromatic N) is 2. The Balaban J connectivity index is 1.11. The van der Waals surface area contributed by atoms with Crippen LogP contribution in [0.25, 0.3) is 11.8 Å². The van der Waals surface area contributed by atoms with Gasteiger partial charge in [-0.15, -0.1) is 0 Å². The lowest BCUT2D eigenvalue weighted by molar-refractivity contribution is 0.0686. The lowest BCUT2D eigenvalue weighted by Crippen LogP contribution is -2.42. The van der Waals surface area contributed by atoms with Gasteiger partial charge in [-0.05, 0) is 97.0 Å². The van der Waals surface area contributed by atoms with E-state index in [1.165, 1.54) is 81.1 Å². The Bertz CT molecular complexity index is 1380. The van der Waals surface area contributed by atoms with Crippen LogP contribution in [0.2, 0.25) is 5.02 Å². The molecule has 3 aliphatic rings. The molecule has 1 aliphatic heterocycles. The van der Waals surface area contributed by atoms with Crippen molar-refractivity contribution in [1.82, 2.24) is 9.47 Å². The number of fused-ring (bicyclic) bond motifs is 1. The van der Waals surface area contributed by atoms with Gasteiger partial charge in [0, 0.05) is 36.1 Å². The first-order valence-corrected chi connectivity index (χ1v) is 15.1. The van der Waals surface area contributed by atoms with Crippen molar-refractivity contribution in [2.24, 2.45) is 5.41 Å². The van der Waals surface area contributed by atoms with E-state index in [9.17, 15) is 4.79 Å². The summed E-state index contributed by atoms with van der Waals surface area (Å²) in [6, 6.07) is 18.0. The number of hydrogen-bond donors (Lipinski definition) is 0. The van der Waals surface area contributed by atoms with Crippen molar-refractivity contribution in [3.05, 3.63) is 98.4 Å². The van der Waals surface area contributed by atoms with Crippen molar-refractivity contribution >= 4 is 23.4 Å². The molecule has 3 aromatic rings. The highest BCUT2D eigenvalue weighted by molar-refractivity contribution is 6.30. The number of pyridine rings is 1. The number of allylic oxidation sites excluding steroid dienone is 1. The maximum atomic E-state index is 13.0. The van der Waals surface area contributed by atoms with Crippen LogP contribution in [0, 0.1) is 5.41 Å². The van der Waals surface area contributed by atoms with Crippen LogP contribution in [-0.2, 0) is 19.6 Å². The Labute approximate surface area is 237 Å². The van der Waals surface area contributed by atoms with Gasteiger partial charge >= 0.3 is 0 Å². The Kier molecular flexibility index (Phi) is 7.95. The molecule has 0 radical (unpaired) electrons. The molecule has 0 N–H and O–H groups in total. The molecular formula is C34H39ClN2O2. The molecule has 4 nitrogen and oxygen atoms in total. The molecule has 39 heavy (non-hydrogen) atoms. The van der Waals surface area contributed by atoms with Crippen LogP contribution in [0.5, 0.6) is 5.75 Å². The molecule has 2 aliphatic carbocycles. The fraction of sp³-hybridized carbons (Fsp3) is 0.441. The van der Waals surface area contributed by atoms with Crippen molar-refractivity contribution in [2.75, 3.05) is 13.1 Å². The molecule has 1 aromatic heterocycles. The molecule has 0 atom stereocenters. The van der Waals surface area contributed by atoms with Gasteiger partial charge in [0.1, 0.15) is 12.4 Å². The predicted molar refractivity (Wildman–Crippen MR) is 160 cm³/mol. The summed E-state index contributed by atoms with van der Waals surface area (Å²) in [6.45, 7) is 3.96. The molecule has 2 aromatic carbocycles. The average molecular weight is 543 g/mol. The van der Waals surface area contributed by atoms with Gasteiger partial charge in [0.2, 0.25) is 0 Å². The Hall–Kier alpha value is -2.82. The number of likely N-dealkylation sites (tertiary alicyclic amines) is 1. The first kappa shape index (κ1) is 26.4. The van der Waals surface area contributed by atoms with Gasteiger partial charge in [-0.25, -0.2) is 0 Å². The summed E-state index contributed by atoms with van der Waals surface area (Å²) in [5, 5.41) is 0.699. The van der Waals surface area contributed by atoms with Crippen LogP contribution in [0.1, 0.15) is 80.0 Å². The Morgan fingerprint density at radius 2 is 1.62 bits per heavy atom. The van der Waals surface area contributed by atoms with Crippen LogP contribution in [-0.4, -0.2) is 22.6 Å². The number of ether oxygens (including phenoxy) is 1. The van der Waals surface area contributed by atoms with Crippen LogP contribution >= 0.6 is 11.6 Å². The molecule has 6 rings (SSSR count). The lowest BCUT2D eigenvalue weighted by atomic mass is 9.74. The molecule has 2 fully saturated rings. The third kappa shape index (κ3) is 6.34. The third-order valence-corrected chi connectivity index (χ3v) is 9.26. The second kappa shape index (κ2) is 11.7. The summed E-state index contributed by atoms with van der Waals surface area (Å²) in [7, 11) is 0. The van der Waals surface area contributed by atoms with Crippen LogP contribution in [0.15, 0.2) is 65.6 Å². The topological polar surface area (TPSA) is 34.5 Å². The normalized spacial score (nSPS) is 19.3. The maximum absolute atomic E-state index is 13.0. The van der Waals surface area contributed by atoms with Crippen molar-refractivity contribution in [1.29, 1.82) is 0 Å². The van der Waals surface area contributed by atoms with E-state index in [4.69, 9.17) is 16.3 Å². The molecule has 0 amide bonds. The lowest BCUT2D eigenvalue weighted by Gasteiger charge is -2.43. The number of benzene rings is 2. The van der Waals surface area contributed by atoms with Crippen molar-refractivity contribution < 1.29 is 4.74 Å². The quantitative estimate of drug-likeness (QED) is 0.317. The van der Waals surface area contributed by atoms with Gasteiger partial charge in [0.05, 0.1) is 0 Å². The molecular weight excluding hydrogens is 504 g/mol. The molecule has 5 heteroatoms. The first-order chi connectivity index (χ1) is 19.1. The van der Waals surface area contributed by atoms with E-state index in [1.807, 2.05) is 36.5 Å². The van der Waals surface area contributed by atoms with E-state index >= 15 is 0 Å². The number of halogens is 1. The molecule has 2 heterocycles. The minimum Gasteiger partial charge on any atom is -0.489 e. The van der Waals surface area contributed by atoms with E-state index in [-0.39, 0.29) is 5.56 Å². The second-order valence-corrected chi connectivity index (χ2v) is 12.3. The number of hydrogen-bond acceptors (Lipinski definition) is 3. The fourth-order valence-electron chi connectivity index (χ4n) is 6.94. The summed E-state index contributed by atoms with van der Waals surface area (Å²) in [6.07, 6.45) is 17.2. The van der Waals surface area contributed by atoms with Crippen molar-refractivity contribution in [3.63, 3.8) is 0 Å². The van der Waals surface area contributed by atoms with Crippen molar-refractivity contribution in [2.45, 2.75) is 77.4 Å². The number of piperidine rings is 1.